The highest BCUT2D eigenvalue weighted by atomic mass is 32.2. The minimum absolute atomic E-state index is 0.0414. The van der Waals surface area contributed by atoms with Gasteiger partial charge in [-0.05, 0) is 67.6 Å². The van der Waals surface area contributed by atoms with E-state index in [1.165, 1.54) is 12.1 Å². The van der Waals surface area contributed by atoms with E-state index in [4.69, 9.17) is 4.74 Å². The molecule has 1 aliphatic carbocycles. The summed E-state index contributed by atoms with van der Waals surface area (Å²) in [5.41, 5.74) is 1.20. The third-order valence-electron chi connectivity index (χ3n) is 5.26. The maximum atomic E-state index is 12.8. The molecule has 2 aromatic rings. The molecule has 9 heteroatoms. The molecule has 3 rings (SSSR count). The maximum Gasteiger partial charge on any atom is 0.251 e. The van der Waals surface area contributed by atoms with Crippen molar-refractivity contribution in [2.45, 2.75) is 57.1 Å². The monoisotopic (exact) mass is 473 g/mol. The highest BCUT2D eigenvalue weighted by Crippen LogP contribution is 2.22. The molecule has 0 spiro atoms. The lowest BCUT2D eigenvalue weighted by atomic mass is 10.0. The molecular formula is C24H31N3O5S. The van der Waals surface area contributed by atoms with Gasteiger partial charge in [0.25, 0.3) is 5.91 Å². The van der Waals surface area contributed by atoms with Crippen LogP contribution in [0.4, 0.5) is 0 Å². The van der Waals surface area contributed by atoms with Crippen LogP contribution in [0.5, 0.6) is 5.75 Å². The van der Waals surface area contributed by atoms with Crippen molar-refractivity contribution in [3.8, 4) is 5.75 Å². The fourth-order valence-electron chi connectivity index (χ4n) is 3.20. The molecule has 0 aliphatic heterocycles. The molecule has 1 aliphatic rings. The lowest BCUT2D eigenvalue weighted by Gasteiger charge is -2.22. The van der Waals surface area contributed by atoms with Crippen LogP contribution < -0.4 is 20.1 Å². The number of carbonyl (C=O) groups excluding carboxylic acids is 2. The summed E-state index contributed by atoms with van der Waals surface area (Å²) in [4.78, 5) is 25.6. The lowest BCUT2D eigenvalue weighted by Crippen LogP contribution is -2.49. The molecule has 2 amide bonds. The van der Waals surface area contributed by atoms with Gasteiger partial charge in [0.2, 0.25) is 15.9 Å². The minimum Gasteiger partial charge on any atom is -0.494 e. The van der Waals surface area contributed by atoms with Gasteiger partial charge in [0.05, 0.1) is 11.5 Å². The molecule has 1 fully saturated rings. The van der Waals surface area contributed by atoms with Crippen LogP contribution in [0.25, 0.3) is 0 Å². The predicted octanol–water partition coefficient (Wildman–Crippen LogP) is 2.60. The average Bonchev–Trinajstić information content (AvgIpc) is 3.60. The first-order valence-corrected chi connectivity index (χ1v) is 12.6. The van der Waals surface area contributed by atoms with Crippen LogP contribution >= 0.6 is 0 Å². The molecule has 2 aromatic carbocycles. The van der Waals surface area contributed by atoms with Crippen molar-refractivity contribution in [1.29, 1.82) is 0 Å². The van der Waals surface area contributed by atoms with Crippen molar-refractivity contribution in [1.82, 2.24) is 15.4 Å². The van der Waals surface area contributed by atoms with Gasteiger partial charge in [0.1, 0.15) is 11.8 Å². The fourth-order valence-corrected chi connectivity index (χ4v) is 4.51. The second-order valence-corrected chi connectivity index (χ2v) is 10.1. The molecule has 8 nitrogen and oxygen atoms in total. The molecule has 0 heterocycles. The van der Waals surface area contributed by atoms with E-state index in [0.29, 0.717) is 17.9 Å². The molecule has 1 unspecified atom stereocenters. The van der Waals surface area contributed by atoms with Gasteiger partial charge in [0, 0.05) is 18.2 Å². The second kappa shape index (κ2) is 10.8. The zero-order chi connectivity index (χ0) is 24.0. The minimum atomic E-state index is -3.51. The first-order chi connectivity index (χ1) is 15.7. The van der Waals surface area contributed by atoms with Gasteiger partial charge in [-0.2, -0.15) is 0 Å². The van der Waals surface area contributed by atoms with E-state index in [2.05, 4.69) is 15.4 Å². The number of hydrogen-bond donors (Lipinski definition) is 3. The van der Waals surface area contributed by atoms with Gasteiger partial charge in [0.15, 0.2) is 0 Å². The van der Waals surface area contributed by atoms with Crippen LogP contribution in [-0.2, 0) is 21.4 Å². The molecule has 3 N–H and O–H groups in total. The molecule has 0 radical (unpaired) electrons. The quantitative estimate of drug-likeness (QED) is 0.464. The van der Waals surface area contributed by atoms with Crippen molar-refractivity contribution in [2.75, 3.05) is 6.61 Å². The van der Waals surface area contributed by atoms with Crippen LogP contribution in [0.1, 0.15) is 49.5 Å². The van der Waals surface area contributed by atoms with Crippen molar-refractivity contribution >= 4 is 21.8 Å². The number of ether oxygens (including phenoxy) is 1. The number of sulfonamides is 1. The Bertz CT molecular complexity index is 1060. The first-order valence-electron chi connectivity index (χ1n) is 11.1. The van der Waals surface area contributed by atoms with E-state index < -0.39 is 16.1 Å². The largest absolute Gasteiger partial charge is 0.494 e. The Balaban J connectivity index is 1.57. The van der Waals surface area contributed by atoms with E-state index in [-0.39, 0.29) is 35.2 Å². The smallest absolute Gasteiger partial charge is 0.251 e. The lowest BCUT2D eigenvalue weighted by molar-refractivity contribution is -0.124. The Morgan fingerprint density at radius 2 is 1.67 bits per heavy atom. The summed E-state index contributed by atoms with van der Waals surface area (Å²) in [6.45, 7) is 6.36. The van der Waals surface area contributed by atoms with Gasteiger partial charge < -0.3 is 15.4 Å². The van der Waals surface area contributed by atoms with E-state index in [9.17, 15) is 18.0 Å². The second-order valence-electron chi connectivity index (χ2n) is 8.41. The zero-order valence-corrected chi connectivity index (χ0v) is 19.9. The van der Waals surface area contributed by atoms with Crippen molar-refractivity contribution in [3.05, 3.63) is 59.7 Å². The van der Waals surface area contributed by atoms with E-state index in [1.54, 1.807) is 36.4 Å². The summed E-state index contributed by atoms with van der Waals surface area (Å²) in [5.74, 6) is -0.104. The van der Waals surface area contributed by atoms with Gasteiger partial charge >= 0.3 is 0 Å². The van der Waals surface area contributed by atoms with Crippen LogP contribution in [-0.4, -0.2) is 38.9 Å². The number of amides is 2. The Morgan fingerprint density at radius 1 is 1.03 bits per heavy atom. The topological polar surface area (TPSA) is 114 Å². The number of carbonyl (C=O) groups is 2. The van der Waals surface area contributed by atoms with Crippen LogP contribution in [0.2, 0.25) is 0 Å². The Kier molecular flexibility index (Phi) is 8.10. The van der Waals surface area contributed by atoms with Gasteiger partial charge in [-0.3, -0.25) is 9.59 Å². The molecular weight excluding hydrogens is 442 g/mol. The summed E-state index contributed by atoms with van der Waals surface area (Å²) in [6.07, 6.45) is 1.74. The number of benzene rings is 2. The molecule has 0 saturated heterocycles. The first kappa shape index (κ1) is 24.7. The maximum absolute atomic E-state index is 12.8. The molecule has 0 bridgehead atoms. The summed E-state index contributed by atoms with van der Waals surface area (Å²) in [6, 6.07) is 12.5. The normalized spacial score (nSPS) is 14.5. The molecule has 0 aromatic heterocycles. The van der Waals surface area contributed by atoms with Crippen molar-refractivity contribution in [3.63, 3.8) is 0 Å². The van der Waals surface area contributed by atoms with Crippen LogP contribution in [0, 0.1) is 5.92 Å². The average molecular weight is 474 g/mol. The van der Waals surface area contributed by atoms with Gasteiger partial charge in [-0.25, -0.2) is 13.1 Å². The van der Waals surface area contributed by atoms with E-state index in [0.717, 1.165) is 18.4 Å². The Hall–Kier alpha value is -2.91. The van der Waals surface area contributed by atoms with Crippen LogP contribution in [0.15, 0.2) is 53.4 Å². The van der Waals surface area contributed by atoms with E-state index >= 15 is 0 Å². The SMILES string of the molecule is CCOc1ccc(C(=O)NC(C(=O)NCc2ccc(S(=O)(=O)NC3CC3)cc2)C(C)C)cc1. The number of hydrogen-bond acceptors (Lipinski definition) is 5. The highest BCUT2D eigenvalue weighted by molar-refractivity contribution is 7.89. The summed E-state index contributed by atoms with van der Waals surface area (Å²) in [7, 11) is -3.51. The fraction of sp³-hybridized carbons (Fsp3) is 0.417. The number of nitrogens with one attached hydrogen (secondary N) is 3. The van der Waals surface area contributed by atoms with E-state index in [1.807, 2.05) is 20.8 Å². The molecule has 33 heavy (non-hydrogen) atoms. The summed E-state index contributed by atoms with van der Waals surface area (Å²) < 4.78 is 32.6. The van der Waals surface area contributed by atoms with Crippen molar-refractivity contribution in [2.24, 2.45) is 5.92 Å². The van der Waals surface area contributed by atoms with Crippen molar-refractivity contribution < 1.29 is 22.7 Å². The van der Waals surface area contributed by atoms with Gasteiger partial charge in [-0.1, -0.05) is 26.0 Å². The molecule has 178 valence electrons. The molecule has 1 atom stereocenters. The molecule has 1 saturated carbocycles. The van der Waals surface area contributed by atoms with Gasteiger partial charge in [-0.15, -0.1) is 0 Å². The third kappa shape index (κ3) is 7.03. The summed E-state index contributed by atoms with van der Waals surface area (Å²) >= 11 is 0. The third-order valence-corrected chi connectivity index (χ3v) is 6.80. The zero-order valence-electron chi connectivity index (χ0n) is 19.1. The highest BCUT2D eigenvalue weighted by Gasteiger charge is 2.28. The Morgan fingerprint density at radius 3 is 2.21 bits per heavy atom. The Labute approximate surface area is 195 Å². The number of rotatable bonds is 11. The standard InChI is InChI=1S/C24H31N3O5S/c1-4-32-20-11-7-18(8-12-20)23(28)26-22(16(2)3)24(29)25-15-17-5-13-21(14-6-17)33(30,31)27-19-9-10-19/h5-8,11-14,16,19,22,27H,4,9-10,15H2,1-3H3,(H,25,29)(H,26,28). The van der Waals surface area contributed by atoms with Crippen LogP contribution in [0.3, 0.4) is 0 Å². The summed E-state index contributed by atoms with van der Waals surface area (Å²) in [5, 5.41) is 5.62. The predicted molar refractivity (Wildman–Crippen MR) is 125 cm³/mol.